The summed E-state index contributed by atoms with van der Waals surface area (Å²) in [6.45, 7) is 3.75. The average Bonchev–Trinajstić information content (AvgIpc) is 2.91. The fraction of sp³-hybridized carbons (Fsp3) is 0.273. The highest BCUT2D eigenvalue weighted by Gasteiger charge is 2.33. The minimum absolute atomic E-state index is 0.0380. The van der Waals surface area contributed by atoms with Crippen LogP contribution in [0.25, 0.3) is 5.57 Å². The maximum atomic E-state index is 13.2. The molecule has 0 bridgehead atoms. The molecular formula is C22H23NO3. The number of carbonyl (C=O) groups is 2. The van der Waals surface area contributed by atoms with Crippen LogP contribution in [0.2, 0.25) is 0 Å². The van der Waals surface area contributed by atoms with Gasteiger partial charge in [0.05, 0.1) is 13.5 Å². The molecule has 0 unspecified atom stereocenters. The molecule has 1 amide bonds. The number of rotatable bonds is 6. The largest absolute Gasteiger partial charge is 0.481 e. The van der Waals surface area contributed by atoms with E-state index in [1.165, 1.54) is 0 Å². The zero-order chi connectivity index (χ0) is 19.6. The fourth-order valence-electron chi connectivity index (χ4n) is 3.24. The lowest BCUT2D eigenvalue weighted by Gasteiger charge is -2.21. The number of fused-ring (bicyclic) bond motifs is 1. The summed E-state index contributed by atoms with van der Waals surface area (Å²) < 4.78 is 8.53. The molecule has 2 aromatic carbocycles. The molecule has 0 atom stereocenters. The van der Waals surface area contributed by atoms with Crippen molar-refractivity contribution in [2.24, 2.45) is 5.41 Å². The molecule has 0 spiro atoms. The number of hydrogen-bond donors (Lipinski definition) is 1. The van der Waals surface area contributed by atoms with E-state index in [9.17, 15) is 9.59 Å². The Kier molecular flexibility index (Phi) is 4.57. The summed E-state index contributed by atoms with van der Waals surface area (Å²) in [4.78, 5) is 25.8. The number of anilines is 2. The molecular weight excluding hydrogens is 326 g/mol. The quantitative estimate of drug-likeness (QED) is 0.743. The molecule has 3 rings (SSSR count). The summed E-state index contributed by atoms with van der Waals surface area (Å²) in [5.41, 5.74) is 2.27. The van der Waals surface area contributed by atoms with Gasteiger partial charge in [0.2, 0.25) is 0 Å². The standard InChI is InChI=1S/C22H23NO3/c1-22(2,15-20(24)25)14-8-12-18-17-11-6-7-13-19(17)23(21(18)26)16-9-4-3-5-10-16/h3-7,9-13H,8,14-15H2,1-2H3,(H,24,25)/b18-12+/i12D. The Labute approximate surface area is 155 Å². The Morgan fingerprint density at radius 3 is 2.50 bits per heavy atom. The van der Waals surface area contributed by atoms with Crippen LogP contribution in [0.15, 0.2) is 60.6 Å². The number of aliphatic carboxylic acids is 1. The van der Waals surface area contributed by atoms with Crippen LogP contribution in [0.3, 0.4) is 0 Å². The Hall–Kier alpha value is -2.88. The molecule has 1 aliphatic heterocycles. The maximum absolute atomic E-state index is 13.2. The summed E-state index contributed by atoms with van der Waals surface area (Å²) in [6.07, 6.45) is 0.928. The van der Waals surface area contributed by atoms with Gasteiger partial charge in [0.1, 0.15) is 0 Å². The molecule has 2 aromatic rings. The number of allylic oxidation sites excluding steroid dienone is 1. The van der Waals surface area contributed by atoms with Gasteiger partial charge in [0.25, 0.3) is 5.91 Å². The van der Waals surface area contributed by atoms with Gasteiger partial charge >= 0.3 is 5.97 Å². The zero-order valence-corrected chi connectivity index (χ0v) is 15.0. The van der Waals surface area contributed by atoms with Gasteiger partial charge in [-0.05, 0) is 36.5 Å². The van der Waals surface area contributed by atoms with E-state index in [0.717, 1.165) is 16.9 Å². The second-order valence-corrected chi connectivity index (χ2v) is 7.28. The van der Waals surface area contributed by atoms with E-state index in [2.05, 4.69) is 0 Å². The Morgan fingerprint density at radius 2 is 1.81 bits per heavy atom. The van der Waals surface area contributed by atoms with Crippen LogP contribution < -0.4 is 4.90 Å². The number of carboxylic acids is 1. The molecule has 0 saturated heterocycles. The van der Waals surface area contributed by atoms with Crippen molar-refractivity contribution in [1.29, 1.82) is 0 Å². The zero-order valence-electron chi connectivity index (χ0n) is 16.0. The van der Waals surface area contributed by atoms with Crippen molar-refractivity contribution in [3.63, 3.8) is 0 Å². The summed E-state index contributed by atoms with van der Waals surface area (Å²) in [5, 5.41) is 9.04. The van der Waals surface area contributed by atoms with Gasteiger partial charge in [0.15, 0.2) is 0 Å². The second kappa shape index (κ2) is 7.16. The molecule has 0 aromatic heterocycles. The van der Waals surface area contributed by atoms with Crippen molar-refractivity contribution in [3.8, 4) is 0 Å². The summed E-state index contributed by atoms with van der Waals surface area (Å²) in [5.74, 6) is -1.06. The predicted octanol–water partition coefficient (Wildman–Crippen LogP) is 5.03. The second-order valence-electron chi connectivity index (χ2n) is 7.28. The van der Waals surface area contributed by atoms with E-state index in [-0.39, 0.29) is 18.4 Å². The monoisotopic (exact) mass is 350 g/mol. The highest BCUT2D eigenvalue weighted by atomic mass is 16.4. The van der Waals surface area contributed by atoms with E-state index in [4.69, 9.17) is 6.48 Å². The molecule has 26 heavy (non-hydrogen) atoms. The topological polar surface area (TPSA) is 57.6 Å². The highest BCUT2D eigenvalue weighted by molar-refractivity contribution is 6.34. The number of amides is 1. The third-order valence-electron chi connectivity index (χ3n) is 4.58. The molecule has 0 fully saturated rings. The molecule has 0 radical (unpaired) electrons. The third kappa shape index (κ3) is 3.69. The van der Waals surface area contributed by atoms with Gasteiger partial charge < -0.3 is 5.11 Å². The van der Waals surface area contributed by atoms with Crippen molar-refractivity contribution in [2.45, 2.75) is 33.1 Å². The van der Waals surface area contributed by atoms with E-state index >= 15 is 0 Å². The number of carbonyl (C=O) groups excluding carboxylic acids is 1. The predicted molar refractivity (Wildman–Crippen MR) is 103 cm³/mol. The smallest absolute Gasteiger partial charge is 0.303 e. The van der Waals surface area contributed by atoms with E-state index in [1.54, 1.807) is 4.90 Å². The van der Waals surface area contributed by atoms with Crippen molar-refractivity contribution in [2.75, 3.05) is 4.90 Å². The number of nitrogens with zero attached hydrogens (tertiary/aromatic N) is 1. The fourth-order valence-corrected chi connectivity index (χ4v) is 3.24. The van der Waals surface area contributed by atoms with E-state index in [1.807, 2.05) is 68.4 Å². The van der Waals surface area contributed by atoms with E-state index < -0.39 is 11.4 Å². The average molecular weight is 350 g/mol. The minimum Gasteiger partial charge on any atom is -0.481 e. The van der Waals surface area contributed by atoms with Crippen molar-refractivity contribution >= 4 is 28.8 Å². The van der Waals surface area contributed by atoms with Gasteiger partial charge in [-0.3, -0.25) is 14.5 Å². The molecule has 1 heterocycles. The molecule has 1 aliphatic rings. The number of para-hydroxylation sites is 2. The molecule has 1 N–H and O–H groups in total. The SMILES string of the molecule is [2H]/C(CCC(C)(C)CC(=O)O)=C1\C(=O)N(c2ccccc2)c2ccccc21. The van der Waals surface area contributed by atoms with Gasteiger partial charge in [-0.1, -0.05) is 56.3 Å². The van der Waals surface area contributed by atoms with Crippen LogP contribution >= 0.6 is 0 Å². The van der Waals surface area contributed by atoms with Crippen molar-refractivity contribution in [1.82, 2.24) is 0 Å². The number of hydrogen-bond acceptors (Lipinski definition) is 2. The van der Waals surface area contributed by atoms with E-state index in [0.29, 0.717) is 18.4 Å². The molecule has 4 heteroatoms. The first kappa shape index (κ1) is 16.6. The maximum Gasteiger partial charge on any atom is 0.303 e. The lowest BCUT2D eigenvalue weighted by atomic mass is 9.84. The minimum atomic E-state index is -0.850. The molecule has 4 nitrogen and oxygen atoms in total. The van der Waals surface area contributed by atoms with Crippen molar-refractivity contribution in [3.05, 3.63) is 66.2 Å². The van der Waals surface area contributed by atoms with Gasteiger partial charge in [-0.15, -0.1) is 0 Å². The first-order chi connectivity index (χ1) is 12.8. The lowest BCUT2D eigenvalue weighted by Crippen LogP contribution is -2.20. The molecule has 0 aliphatic carbocycles. The van der Waals surface area contributed by atoms with Crippen LogP contribution in [0, 0.1) is 5.41 Å². The third-order valence-corrected chi connectivity index (χ3v) is 4.58. The summed E-state index contributed by atoms with van der Waals surface area (Å²) >= 11 is 0. The summed E-state index contributed by atoms with van der Waals surface area (Å²) in [6, 6.07) is 17.1. The van der Waals surface area contributed by atoms with Crippen LogP contribution in [0.4, 0.5) is 11.4 Å². The highest BCUT2D eigenvalue weighted by Crippen LogP contribution is 2.41. The Morgan fingerprint density at radius 1 is 1.15 bits per heavy atom. The first-order valence-electron chi connectivity index (χ1n) is 9.20. The van der Waals surface area contributed by atoms with Gasteiger partial charge in [-0.2, -0.15) is 0 Å². The normalized spacial score (nSPS) is 16.3. The van der Waals surface area contributed by atoms with Crippen LogP contribution in [-0.2, 0) is 9.59 Å². The van der Waals surface area contributed by atoms with Gasteiger partial charge in [0, 0.05) is 16.8 Å². The van der Waals surface area contributed by atoms with Crippen LogP contribution in [0.5, 0.6) is 0 Å². The lowest BCUT2D eigenvalue weighted by molar-refractivity contribution is -0.139. The Bertz CT molecular complexity index is 903. The molecule has 0 saturated carbocycles. The van der Waals surface area contributed by atoms with Crippen LogP contribution in [0.1, 0.15) is 40.0 Å². The van der Waals surface area contributed by atoms with Gasteiger partial charge in [-0.25, -0.2) is 0 Å². The Balaban J connectivity index is 1.95. The number of carboxylic acid groups (broad SMARTS) is 1. The van der Waals surface area contributed by atoms with Crippen molar-refractivity contribution < 1.29 is 16.1 Å². The van der Waals surface area contributed by atoms with Crippen LogP contribution in [-0.4, -0.2) is 17.0 Å². The summed E-state index contributed by atoms with van der Waals surface area (Å²) in [7, 11) is 0. The number of benzene rings is 2. The first-order valence-corrected chi connectivity index (χ1v) is 8.70. The molecule has 134 valence electrons.